The molecule has 3 aromatic rings. The quantitative estimate of drug-likeness (QED) is 0.690. The Morgan fingerprint density at radius 1 is 1.07 bits per heavy atom. The Labute approximate surface area is 159 Å². The van der Waals surface area contributed by atoms with Crippen molar-refractivity contribution in [1.29, 1.82) is 0 Å². The summed E-state index contributed by atoms with van der Waals surface area (Å²) >= 11 is 0. The van der Waals surface area contributed by atoms with Gasteiger partial charge in [-0.15, -0.1) is 0 Å². The molecule has 3 rings (SSSR count). The van der Waals surface area contributed by atoms with Crippen LogP contribution >= 0.6 is 0 Å². The normalized spacial score (nSPS) is 11.0. The number of nitrogens with zero attached hydrogens (tertiary/aromatic N) is 1. The van der Waals surface area contributed by atoms with Gasteiger partial charge in [-0.3, -0.25) is 4.98 Å². The fourth-order valence-electron chi connectivity index (χ4n) is 2.73. The lowest BCUT2D eigenvalue weighted by Crippen LogP contribution is -2.24. The highest BCUT2D eigenvalue weighted by Crippen LogP contribution is 2.22. The van der Waals surface area contributed by atoms with Crippen molar-refractivity contribution in [2.45, 2.75) is 18.7 Å². The lowest BCUT2D eigenvalue weighted by atomic mass is 10.2. The average Bonchev–Trinajstić information content (AvgIpc) is 2.64. The molecule has 0 fully saturated rings. The van der Waals surface area contributed by atoms with E-state index in [1.54, 1.807) is 25.3 Å². The van der Waals surface area contributed by atoms with Crippen LogP contribution in [0.1, 0.15) is 11.1 Å². The summed E-state index contributed by atoms with van der Waals surface area (Å²) in [6.07, 6.45) is 1.71. The van der Waals surface area contributed by atoms with Crippen molar-refractivity contribution in [2.75, 3.05) is 13.2 Å². The second-order valence-electron chi connectivity index (χ2n) is 6.07. The molecule has 1 N–H and O–H groups in total. The van der Waals surface area contributed by atoms with Crippen LogP contribution < -0.4 is 9.46 Å². The number of sulfonamides is 1. The first-order valence-electron chi connectivity index (χ1n) is 8.46. The van der Waals surface area contributed by atoms with Gasteiger partial charge in [0.25, 0.3) is 0 Å². The molecule has 0 saturated heterocycles. The Morgan fingerprint density at radius 3 is 2.70 bits per heavy atom. The van der Waals surface area contributed by atoms with Gasteiger partial charge in [-0.25, -0.2) is 8.42 Å². The minimum absolute atomic E-state index is 0.0206. The van der Waals surface area contributed by atoms with Gasteiger partial charge in [0.15, 0.2) is 0 Å². The van der Waals surface area contributed by atoms with Crippen LogP contribution in [0.15, 0.2) is 59.6 Å². The molecule has 0 aliphatic rings. The van der Waals surface area contributed by atoms with Crippen molar-refractivity contribution in [1.82, 2.24) is 9.71 Å². The number of ether oxygens (including phenoxy) is 1. The minimum Gasteiger partial charge on any atom is -0.479 e. The second-order valence-corrected chi connectivity index (χ2v) is 7.80. The zero-order valence-electron chi connectivity index (χ0n) is 15.2. The summed E-state index contributed by atoms with van der Waals surface area (Å²) in [6, 6.07) is 14.7. The van der Waals surface area contributed by atoms with E-state index in [1.165, 1.54) is 0 Å². The number of pyridine rings is 1. The van der Waals surface area contributed by atoms with Crippen LogP contribution in [0.4, 0.5) is 0 Å². The minimum atomic E-state index is -3.58. The number of fused-ring (bicyclic) bond motifs is 1. The van der Waals surface area contributed by atoms with Crippen LogP contribution in [0.3, 0.4) is 0 Å². The van der Waals surface area contributed by atoms with Crippen LogP contribution in [0.2, 0.25) is 0 Å². The van der Waals surface area contributed by atoms with E-state index in [2.05, 4.69) is 21.5 Å². The summed E-state index contributed by atoms with van der Waals surface area (Å²) in [4.78, 5) is 4.58. The summed E-state index contributed by atoms with van der Waals surface area (Å²) in [5, 5.41) is 0.990. The largest absolute Gasteiger partial charge is 0.479 e. The summed E-state index contributed by atoms with van der Waals surface area (Å²) in [7, 11) is -3.58. The molecule has 0 radical (unpaired) electrons. The van der Waals surface area contributed by atoms with Crippen molar-refractivity contribution in [3.05, 3.63) is 65.9 Å². The molecule has 27 heavy (non-hydrogen) atoms. The number of nitrogens with one attached hydrogen (secondary N) is 1. The maximum atomic E-state index is 12.3. The Morgan fingerprint density at radius 2 is 1.89 bits per heavy atom. The van der Waals surface area contributed by atoms with Gasteiger partial charge >= 0.3 is 0 Å². The summed E-state index contributed by atoms with van der Waals surface area (Å²) in [5.74, 6) is 6.25. The number of aryl methyl sites for hydroxylation is 2. The molecule has 1 aromatic heterocycles. The molecule has 0 spiro atoms. The van der Waals surface area contributed by atoms with Gasteiger partial charge in [0.2, 0.25) is 10.0 Å². The maximum absolute atomic E-state index is 12.3. The Kier molecular flexibility index (Phi) is 5.75. The van der Waals surface area contributed by atoms with Crippen molar-refractivity contribution in [3.8, 4) is 17.6 Å². The Bertz CT molecular complexity index is 1120. The Hall–Kier alpha value is -2.88. The monoisotopic (exact) mass is 380 g/mol. The number of benzene rings is 2. The Balaban J connectivity index is 1.58. The topological polar surface area (TPSA) is 68.3 Å². The van der Waals surface area contributed by atoms with Crippen LogP contribution in [-0.4, -0.2) is 26.6 Å². The highest BCUT2D eigenvalue weighted by molar-refractivity contribution is 7.89. The molecule has 138 valence electrons. The summed E-state index contributed by atoms with van der Waals surface area (Å²) < 4.78 is 32.8. The first-order chi connectivity index (χ1) is 13.0. The molecule has 0 unspecified atom stereocenters. The van der Waals surface area contributed by atoms with Crippen molar-refractivity contribution in [2.24, 2.45) is 0 Å². The fraction of sp³-hybridized carbons (Fsp3) is 0.190. The fourth-order valence-corrected chi connectivity index (χ4v) is 3.88. The van der Waals surface area contributed by atoms with Gasteiger partial charge in [0.05, 0.1) is 11.4 Å². The number of rotatable bonds is 5. The number of para-hydroxylation sites is 1. The molecule has 6 heteroatoms. The van der Waals surface area contributed by atoms with Gasteiger partial charge < -0.3 is 4.74 Å². The zero-order valence-corrected chi connectivity index (χ0v) is 16.0. The number of hydrogen-bond acceptors (Lipinski definition) is 4. The summed E-state index contributed by atoms with van der Waals surface area (Å²) in [6.45, 7) is 3.88. The molecule has 5 nitrogen and oxygen atoms in total. The van der Waals surface area contributed by atoms with E-state index >= 15 is 0 Å². The van der Waals surface area contributed by atoms with Gasteiger partial charge in [-0.05, 0) is 37.6 Å². The van der Waals surface area contributed by atoms with E-state index in [9.17, 15) is 8.42 Å². The van der Waals surface area contributed by atoms with E-state index in [0.29, 0.717) is 11.3 Å². The molecular weight excluding hydrogens is 360 g/mol. The first kappa shape index (κ1) is 18.9. The third-order valence-corrected chi connectivity index (χ3v) is 5.55. The lowest BCUT2D eigenvalue weighted by molar-refractivity contribution is 0.374. The van der Waals surface area contributed by atoms with E-state index in [1.807, 2.05) is 43.3 Å². The van der Waals surface area contributed by atoms with Crippen molar-refractivity contribution in [3.63, 3.8) is 0 Å². The van der Waals surface area contributed by atoms with Gasteiger partial charge in [-0.2, -0.15) is 4.72 Å². The zero-order chi connectivity index (χ0) is 19.3. The van der Waals surface area contributed by atoms with Crippen LogP contribution in [0.25, 0.3) is 10.9 Å². The van der Waals surface area contributed by atoms with Gasteiger partial charge in [0, 0.05) is 11.6 Å². The van der Waals surface area contributed by atoms with Crippen LogP contribution in [-0.2, 0) is 10.0 Å². The third kappa shape index (κ3) is 4.64. The number of hydrogen-bond donors (Lipinski definition) is 1. The molecule has 1 heterocycles. The number of aromatic nitrogens is 1. The van der Waals surface area contributed by atoms with Crippen LogP contribution in [0.5, 0.6) is 5.75 Å². The molecule has 0 atom stereocenters. The standard InChI is InChI=1S/C21H20N2O3S/c1-16-10-11-20(17(2)15-16)27(24,25)23-13-3-4-14-26-19-9-5-7-18-8-6-12-22-21(18)19/h5-12,15,23H,13-14H2,1-2H3. The second kappa shape index (κ2) is 8.21. The predicted octanol–water partition coefficient (Wildman–Crippen LogP) is 3.21. The van der Waals surface area contributed by atoms with Crippen molar-refractivity contribution >= 4 is 20.9 Å². The molecular formula is C21H20N2O3S. The molecule has 0 saturated carbocycles. The van der Waals surface area contributed by atoms with E-state index in [-0.39, 0.29) is 18.0 Å². The SMILES string of the molecule is Cc1ccc(S(=O)(=O)NCC#CCOc2cccc3cccnc23)c(C)c1. The average molecular weight is 380 g/mol. The van der Waals surface area contributed by atoms with Gasteiger partial charge in [-0.1, -0.05) is 47.7 Å². The van der Waals surface area contributed by atoms with Gasteiger partial charge in [0.1, 0.15) is 17.9 Å². The molecule has 2 aromatic carbocycles. The predicted molar refractivity (Wildman–Crippen MR) is 106 cm³/mol. The lowest BCUT2D eigenvalue weighted by Gasteiger charge is -2.08. The molecule has 0 amide bonds. The van der Waals surface area contributed by atoms with E-state index in [0.717, 1.165) is 16.5 Å². The van der Waals surface area contributed by atoms with E-state index < -0.39 is 10.0 Å². The highest BCUT2D eigenvalue weighted by atomic mass is 32.2. The first-order valence-corrected chi connectivity index (χ1v) is 9.95. The molecule has 0 bridgehead atoms. The smallest absolute Gasteiger partial charge is 0.241 e. The van der Waals surface area contributed by atoms with Crippen molar-refractivity contribution < 1.29 is 13.2 Å². The molecule has 0 aliphatic heterocycles. The maximum Gasteiger partial charge on any atom is 0.241 e. The highest BCUT2D eigenvalue weighted by Gasteiger charge is 2.15. The van der Waals surface area contributed by atoms with Crippen LogP contribution in [0, 0.1) is 25.7 Å². The summed E-state index contributed by atoms with van der Waals surface area (Å²) in [5.41, 5.74) is 2.51. The molecule has 0 aliphatic carbocycles. The van der Waals surface area contributed by atoms with E-state index in [4.69, 9.17) is 4.74 Å². The third-order valence-electron chi connectivity index (χ3n) is 3.99.